The fourth-order valence-electron chi connectivity index (χ4n) is 3.08. The van der Waals surface area contributed by atoms with Gasteiger partial charge in [0.15, 0.2) is 6.61 Å². The molecule has 8 heteroatoms. The molecule has 0 spiro atoms. The second-order valence-electron chi connectivity index (χ2n) is 7.49. The van der Waals surface area contributed by atoms with Crippen molar-refractivity contribution in [1.82, 2.24) is 9.80 Å². The third kappa shape index (κ3) is 6.01. The third-order valence-corrected chi connectivity index (χ3v) is 5.92. The highest BCUT2D eigenvalue weighted by atomic mass is 32.2. The van der Waals surface area contributed by atoms with Crippen molar-refractivity contribution in [1.29, 1.82) is 0 Å². The van der Waals surface area contributed by atoms with Gasteiger partial charge in [0.05, 0.1) is 0 Å². The fraction of sp³-hybridized carbons (Fsp3) is 0.348. The molecule has 31 heavy (non-hydrogen) atoms. The Morgan fingerprint density at radius 1 is 1.06 bits per heavy atom. The zero-order chi connectivity index (χ0) is 22.4. The van der Waals surface area contributed by atoms with Crippen molar-refractivity contribution in [2.24, 2.45) is 0 Å². The number of nitrogens with one attached hydrogen (secondary N) is 1. The molecule has 3 rings (SSSR count). The molecule has 3 amide bonds. The average molecular weight is 442 g/mol. The highest BCUT2D eigenvalue weighted by molar-refractivity contribution is 7.99. The van der Waals surface area contributed by atoms with E-state index in [0.29, 0.717) is 22.6 Å². The summed E-state index contributed by atoms with van der Waals surface area (Å²) in [5.74, 6) is 1.94. The number of likely N-dealkylation sites (N-methyl/N-ethyl adjacent to an activating group) is 1. The van der Waals surface area contributed by atoms with Crippen LogP contribution in [0.3, 0.4) is 0 Å². The molecule has 0 unspecified atom stereocenters. The lowest BCUT2D eigenvalue weighted by molar-refractivity contribution is -0.130. The van der Waals surface area contributed by atoms with Crippen molar-refractivity contribution < 1.29 is 19.1 Å². The number of benzene rings is 2. The fourth-order valence-corrected chi connectivity index (χ4v) is 3.98. The molecule has 0 aromatic heterocycles. The summed E-state index contributed by atoms with van der Waals surface area (Å²) >= 11 is 1.86. The number of amides is 3. The second kappa shape index (κ2) is 10.3. The van der Waals surface area contributed by atoms with E-state index in [1.165, 1.54) is 4.90 Å². The average Bonchev–Trinajstić information content (AvgIpc) is 2.78. The number of thioether (sulfide) groups is 1. The first-order chi connectivity index (χ1) is 14.8. The van der Waals surface area contributed by atoms with Crippen LogP contribution in [0, 0.1) is 6.92 Å². The van der Waals surface area contributed by atoms with E-state index in [-0.39, 0.29) is 24.3 Å². The van der Waals surface area contributed by atoms with Crippen molar-refractivity contribution >= 4 is 35.2 Å². The summed E-state index contributed by atoms with van der Waals surface area (Å²) in [6, 6.07) is 12.0. The predicted octanol–water partition coefficient (Wildman–Crippen LogP) is 2.90. The van der Waals surface area contributed by atoms with Gasteiger partial charge in [0.25, 0.3) is 17.7 Å². The molecule has 0 saturated carbocycles. The van der Waals surface area contributed by atoms with Gasteiger partial charge in [-0.1, -0.05) is 6.07 Å². The van der Waals surface area contributed by atoms with E-state index in [4.69, 9.17) is 4.74 Å². The maximum absolute atomic E-state index is 12.7. The van der Waals surface area contributed by atoms with Gasteiger partial charge in [0, 0.05) is 55.5 Å². The van der Waals surface area contributed by atoms with Gasteiger partial charge in [-0.3, -0.25) is 14.4 Å². The van der Waals surface area contributed by atoms with Gasteiger partial charge in [-0.15, -0.1) is 0 Å². The lowest BCUT2D eigenvalue weighted by Gasteiger charge is -2.26. The zero-order valence-electron chi connectivity index (χ0n) is 18.0. The molecule has 164 valence electrons. The molecule has 0 radical (unpaired) electrons. The molecule has 1 saturated heterocycles. The van der Waals surface area contributed by atoms with Crippen LogP contribution in [0.4, 0.5) is 5.69 Å². The summed E-state index contributed by atoms with van der Waals surface area (Å²) in [4.78, 5) is 40.4. The van der Waals surface area contributed by atoms with Crippen LogP contribution in [-0.2, 0) is 4.79 Å². The Bertz CT molecular complexity index is 971. The van der Waals surface area contributed by atoms with Gasteiger partial charge < -0.3 is 19.9 Å². The molecule has 1 aliphatic rings. The summed E-state index contributed by atoms with van der Waals surface area (Å²) in [6.07, 6.45) is 0. The summed E-state index contributed by atoms with van der Waals surface area (Å²) in [6.45, 7) is 3.30. The molecule has 0 atom stereocenters. The molecule has 2 aromatic carbocycles. The molecule has 7 nitrogen and oxygen atoms in total. The molecule has 0 aliphatic carbocycles. The largest absolute Gasteiger partial charge is 0.484 e. The van der Waals surface area contributed by atoms with Gasteiger partial charge in [-0.2, -0.15) is 11.8 Å². The molecule has 1 aliphatic heterocycles. The molecular weight excluding hydrogens is 414 g/mol. The van der Waals surface area contributed by atoms with Gasteiger partial charge in [0.2, 0.25) is 0 Å². The lowest BCUT2D eigenvalue weighted by Crippen LogP contribution is -2.37. The van der Waals surface area contributed by atoms with E-state index in [0.717, 1.165) is 30.2 Å². The van der Waals surface area contributed by atoms with E-state index < -0.39 is 0 Å². The standard InChI is InChI=1S/C23H27N3O4S/c1-16-13-18(23(29)26-9-11-31-12-10-26)7-8-20(16)24-22(28)17-5-4-6-19(14-17)30-15-21(27)25(2)3/h4-8,13-14H,9-12,15H2,1-3H3,(H,24,28). The number of hydrogen-bond acceptors (Lipinski definition) is 5. The van der Waals surface area contributed by atoms with Crippen LogP contribution in [0.1, 0.15) is 26.3 Å². The molecule has 0 bridgehead atoms. The minimum Gasteiger partial charge on any atom is -0.484 e. The zero-order valence-corrected chi connectivity index (χ0v) is 18.8. The Morgan fingerprint density at radius 2 is 1.81 bits per heavy atom. The van der Waals surface area contributed by atoms with E-state index in [1.54, 1.807) is 50.5 Å². The van der Waals surface area contributed by atoms with Crippen LogP contribution in [0.2, 0.25) is 0 Å². The number of ether oxygens (including phenoxy) is 1. The molecule has 1 heterocycles. The SMILES string of the molecule is Cc1cc(C(=O)N2CCSCC2)ccc1NC(=O)c1cccc(OCC(=O)N(C)C)c1. The van der Waals surface area contributed by atoms with Crippen molar-refractivity contribution in [2.75, 3.05) is 50.6 Å². The number of carbonyl (C=O) groups excluding carboxylic acids is 3. The maximum Gasteiger partial charge on any atom is 0.259 e. The highest BCUT2D eigenvalue weighted by Crippen LogP contribution is 2.21. The number of hydrogen-bond donors (Lipinski definition) is 1. The van der Waals surface area contributed by atoms with Crippen molar-refractivity contribution in [2.45, 2.75) is 6.92 Å². The monoisotopic (exact) mass is 441 g/mol. The first kappa shape index (κ1) is 22.7. The number of rotatable bonds is 6. The number of aryl methyl sites for hydroxylation is 1. The Balaban J connectivity index is 1.65. The number of nitrogens with zero attached hydrogens (tertiary/aromatic N) is 2. The summed E-state index contributed by atoms with van der Waals surface area (Å²) < 4.78 is 5.48. The maximum atomic E-state index is 12.7. The Morgan fingerprint density at radius 3 is 2.48 bits per heavy atom. The lowest BCUT2D eigenvalue weighted by atomic mass is 10.1. The number of anilines is 1. The number of carbonyl (C=O) groups is 3. The summed E-state index contributed by atoms with van der Waals surface area (Å²) in [7, 11) is 3.31. The van der Waals surface area contributed by atoms with Crippen LogP contribution in [-0.4, -0.2) is 72.8 Å². The quantitative estimate of drug-likeness (QED) is 0.746. The first-order valence-corrected chi connectivity index (χ1v) is 11.2. The van der Waals surface area contributed by atoms with Gasteiger partial charge >= 0.3 is 0 Å². The molecule has 2 aromatic rings. The predicted molar refractivity (Wildman–Crippen MR) is 123 cm³/mol. The highest BCUT2D eigenvalue weighted by Gasteiger charge is 2.19. The smallest absolute Gasteiger partial charge is 0.259 e. The van der Waals surface area contributed by atoms with Crippen LogP contribution >= 0.6 is 11.8 Å². The van der Waals surface area contributed by atoms with Crippen molar-refractivity contribution in [3.63, 3.8) is 0 Å². The van der Waals surface area contributed by atoms with E-state index >= 15 is 0 Å². The van der Waals surface area contributed by atoms with Crippen molar-refractivity contribution in [3.05, 3.63) is 59.2 Å². The summed E-state index contributed by atoms with van der Waals surface area (Å²) in [5.41, 5.74) is 2.50. The van der Waals surface area contributed by atoms with E-state index in [2.05, 4.69) is 5.32 Å². The first-order valence-electron chi connectivity index (χ1n) is 10.1. The topological polar surface area (TPSA) is 79.0 Å². The second-order valence-corrected chi connectivity index (χ2v) is 8.72. The van der Waals surface area contributed by atoms with E-state index in [9.17, 15) is 14.4 Å². The van der Waals surface area contributed by atoms with Crippen LogP contribution in [0.25, 0.3) is 0 Å². The summed E-state index contributed by atoms with van der Waals surface area (Å²) in [5, 5.41) is 2.88. The Hall–Kier alpha value is -3.00. The van der Waals surface area contributed by atoms with Crippen LogP contribution < -0.4 is 10.1 Å². The Kier molecular flexibility index (Phi) is 7.57. The van der Waals surface area contributed by atoms with Gasteiger partial charge in [-0.25, -0.2) is 0 Å². The minimum absolute atomic E-state index is 0.0263. The third-order valence-electron chi connectivity index (χ3n) is 4.98. The normalized spacial score (nSPS) is 13.5. The van der Waals surface area contributed by atoms with Crippen LogP contribution in [0.5, 0.6) is 5.75 Å². The van der Waals surface area contributed by atoms with E-state index in [1.807, 2.05) is 29.7 Å². The minimum atomic E-state index is -0.292. The van der Waals surface area contributed by atoms with Gasteiger partial charge in [0.1, 0.15) is 5.75 Å². The molecular formula is C23H27N3O4S. The Labute approximate surface area is 186 Å². The molecule has 1 fully saturated rings. The molecule has 1 N–H and O–H groups in total. The van der Waals surface area contributed by atoms with Crippen LogP contribution in [0.15, 0.2) is 42.5 Å². The van der Waals surface area contributed by atoms with Gasteiger partial charge in [-0.05, 0) is 48.9 Å². The van der Waals surface area contributed by atoms with Crippen molar-refractivity contribution in [3.8, 4) is 5.75 Å².